The van der Waals surface area contributed by atoms with Gasteiger partial charge >= 0.3 is 0 Å². The van der Waals surface area contributed by atoms with Crippen LogP contribution in [0.1, 0.15) is 31.9 Å². The summed E-state index contributed by atoms with van der Waals surface area (Å²) in [5.74, 6) is 0.631. The molecular formula is C17H29NO. The number of hydrogen-bond acceptors (Lipinski definition) is 2. The summed E-state index contributed by atoms with van der Waals surface area (Å²) in [5, 5.41) is 3.50. The van der Waals surface area contributed by atoms with Gasteiger partial charge in [-0.1, -0.05) is 50.6 Å². The zero-order chi connectivity index (χ0) is 14.3. The van der Waals surface area contributed by atoms with Crippen molar-refractivity contribution in [2.24, 2.45) is 11.3 Å². The van der Waals surface area contributed by atoms with Crippen LogP contribution < -0.4 is 5.32 Å². The lowest BCUT2D eigenvalue weighted by molar-refractivity contribution is 0.186. The van der Waals surface area contributed by atoms with E-state index in [4.69, 9.17) is 4.74 Å². The average Bonchev–Trinajstić information content (AvgIpc) is 2.32. The third kappa shape index (κ3) is 6.22. The van der Waals surface area contributed by atoms with Gasteiger partial charge in [0.25, 0.3) is 0 Å². The largest absolute Gasteiger partial charge is 0.383 e. The summed E-state index contributed by atoms with van der Waals surface area (Å²) in [6.45, 7) is 11.9. The Hall–Kier alpha value is -0.860. The zero-order valence-corrected chi connectivity index (χ0v) is 13.1. The maximum absolute atomic E-state index is 5.08. The third-order valence-corrected chi connectivity index (χ3v) is 3.66. The fraction of sp³-hybridized carbons (Fsp3) is 0.647. The lowest BCUT2D eigenvalue weighted by atomic mass is 9.77. The van der Waals surface area contributed by atoms with Crippen LogP contribution in [0.4, 0.5) is 0 Å². The van der Waals surface area contributed by atoms with E-state index in [1.165, 1.54) is 11.1 Å². The molecule has 2 heteroatoms. The molecule has 1 atom stereocenters. The Morgan fingerprint density at radius 1 is 1.26 bits per heavy atom. The Morgan fingerprint density at radius 3 is 2.58 bits per heavy atom. The minimum Gasteiger partial charge on any atom is -0.383 e. The van der Waals surface area contributed by atoms with Crippen molar-refractivity contribution in [3.63, 3.8) is 0 Å². The summed E-state index contributed by atoms with van der Waals surface area (Å²) in [5.41, 5.74) is 3.09. The van der Waals surface area contributed by atoms with E-state index < -0.39 is 0 Å². The molecule has 0 heterocycles. The van der Waals surface area contributed by atoms with Crippen LogP contribution in [0, 0.1) is 18.3 Å². The van der Waals surface area contributed by atoms with Crippen molar-refractivity contribution in [2.45, 2.75) is 34.1 Å². The second-order valence-corrected chi connectivity index (χ2v) is 6.45. The minimum atomic E-state index is 0.309. The second-order valence-electron chi connectivity index (χ2n) is 6.45. The molecule has 1 rings (SSSR count). The predicted octanol–water partition coefficient (Wildman–Crippen LogP) is 3.44. The topological polar surface area (TPSA) is 21.3 Å². The minimum absolute atomic E-state index is 0.309. The van der Waals surface area contributed by atoms with Crippen LogP contribution in [0.2, 0.25) is 0 Å². The lowest BCUT2D eigenvalue weighted by Gasteiger charge is -2.31. The van der Waals surface area contributed by atoms with Gasteiger partial charge in [0.05, 0.1) is 6.61 Å². The molecule has 1 aromatic rings. The molecular weight excluding hydrogens is 234 g/mol. The Labute approximate surface area is 118 Å². The highest BCUT2D eigenvalue weighted by Crippen LogP contribution is 2.28. The molecule has 0 spiro atoms. The second kappa shape index (κ2) is 7.66. The van der Waals surface area contributed by atoms with E-state index in [9.17, 15) is 0 Å². The normalized spacial score (nSPS) is 13.5. The SMILES string of the molecule is COCCNCC(Cc1cccc(C)c1)C(C)(C)C. The third-order valence-electron chi connectivity index (χ3n) is 3.66. The Balaban J connectivity index is 2.59. The smallest absolute Gasteiger partial charge is 0.0587 e. The number of aryl methyl sites for hydroxylation is 1. The first-order valence-corrected chi connectivity index (χ1v) is 7.18. The summed E-state index contributed by atoms with van der Waals surface area (Å²) in [6, 6.07) is 8.85. The van der Waals surface area contributed by atoms with Gasteiger partial charge in [-0.3, -0.25) is 0 Å². The van der Waals surface area contributed by atoms with Gasteiger partial charge in [-0.25, -0.2) is 0 Å². The fourth-order valence-corrected chi connectivity index (χ4v) is 2.26. The maximum Gasteiger partial charge on any atom is 0.0587 e. The molecule has 0 amide bonds. The fourth-order valence-electron chi connectivity index (χ4n) is 2.26. The monoisotopic (exact) mass is 263 g/mol. The van der Waals surface area contributed by atoms with E-state index in [-0.39, 0.29) is 0 Å². The molecule has 1 N–H and O–H groups in total. The van der Waals surface area contributed by atoms with Crippen LogP contribution in [0.15, 0.2) is 24.3 Å². The van der Waals surface area contributed by atoms with Gasteiger partial charge in [-0.2, -0.15) is 0 Å². The molecule has 0 bridgehead atoms. The van der Waals surface area contributed by atoms with E-state index in [0.29, 0.717) is 11.3 Å². The zero-order valence-electron chi connectivity index (χ0n) is 13.1. The molecule has 2 nitrogen and oxygen atoms in total. The summed E-state index contributed by atoms with van der Waals surface area (Å²) >= 11 is 0. The lowest BCUT2D eigenvalue weighted by Crippen LogP contribution is -2.34. The first-order chi connectivity index (χ1) is 8.93. The van der Waals surface area contributed by atoms with Crippen molar-refractivity contribution >= 4 is 0 Å². The quantitative estimate of drug-likeness (QED) is 0.761. The predicted molar refractivity (Wildman–Crippen MR) is 82.6 cm³/mol. The molecule has 0 aliphatic carbocycles. The van der Waals surface area contributed by atoms with Crippen LogP contribution in [0.25, 0.3) is 0 Å². The number of rotatable bonds is 7. The molecule has 19 heavy (non-hydrogen) atoms. The van der Waals surface area contributed by atoms with Gasteiger partial charge in [0.2, 0.25) is 0 Å². The van der Waals surface area contributed by atoms with Gasteiger partial charge in [0.1, 0.15) is 0 Å². The van der Waals surface area contributed by atoms with Crippen molar-refractivity contribution in [2.75, 3.05) is 26.8 Å². The van der Waals surface area contributed by atoms with Gasteiger partial charge in [-0.15, -0.1) is 0 Å². The molecule has 0 fully saturated rings. The molecule has 0 saturated carbocycles. The number of benzene rings is 1. The molecule has 0 aliphatic rings. The van der Waals surface area contributed by atoms with E-state index >= 15 is 0 Å². The highest BCUT2D eigenvalue weighted by Gasteiger charge is 2.24. The highest BCUT2D eigenvalue weighted by molar-refractivity contribution is 5.22. The van der Waals surface area contributed by atoms with Crippen LogP contribution in [-0.4, -0.2) is 26.8 Å². The standard InChI is InChI=1S/C17H29NO/c1-14-7-6-8-15(11-14)12-16(17(2,3)4)13-18-9-10-19-5/h6-8,11,16,18H,9-10,12-13H2,1-5H3. The highest BCUT2D eigenvalue weighted by atomic mass is 16.5. The van der Waals surface area contributed by atoms with Crippen molar-refractivity contribution in [3.8, 4) is 0 Å². The van der Waals surface area contributed by atoms with Gasteiger partial charge in [-0.05, 0) is 36.8 Å². The summed E-state index contributed by atoms with van der Waals surface area (Å²) in [4.78, 5) is 0. The van der Waals surface area contributed by atoms with Crippen molar-refractivity contribution < 1.29 is 4.74 Å². The van der Waals surface area contributed by atoms with Crippen LogP contribution >= 0.6 is 0 Å². The molecule has 0 aromatic heterocycles. The summed E-state index contributed by atoms with van der Waals surface area (Å²) in [7, 11) is 1.75. The number of methoxy groups -OCH3 is 1. The molecule has 0 saturated heterocycles. The average molecular weight is 263 g/mol. The van der Waals surface area contributed by atoms with Crippen LogP contribution in [0.3, 0.4) is 0 Å². The van der Waals surface area contributed by atoms with Crippen molar-refractivity contribution in [3.05, 3.63) is 35.4 Å². The number of ether oxygens (including phenoxy) is 1. The first kappa shape index (κ1) is 16.2. The first-order valence-electron chi connectivity index (χ1n) is 7.18. The van der Waals surface area contributed by atoms with Gasteiger partial charge < -0.3 is 10.1 Å². The number of nitrogens with one attached hydrogen (secondary N) is 1. The molecule has 108 valence electrons. The summed E-state index contributed by atoms with van der Waals surface area (Å²) < 4.78 is 5.08. The van der Waals surface area contributed by atoms with Crippen LogP contribution in [0.5, 0.6) is 0 Å². The van der Waals surface area contributed by atoms with Crippen molar-refractivity contribution in [1.29, 1.82) is 0 Å². The Bertz CT molecular complexity index is 368. The Kier molecular flexibility index (Phi) is 6.53. The van der Waals surface area contributed by atoms with E-state index in [0.717, 1.165) is 26.1 Å². The summed E-state index contributed by atoms with van der Waals surface area (Å²) in [6.07, 6.45) is 1.13. The van der Waals surface area contributed by atoms with E-state index in [1.54, 1.807) is 7.11 Å². The molecule has 0 radical (unpaired) electrons. The molecule has 0 aliphatic heterocycles. The van der Waals surface area contributed by atoms with Gasteiger partial charge in [0, 0.05) is 13.7 Å². The number of hydrogen-bond donors (Lipinski definition) is 1. The molecule has 1 unspecified atom stereocenters. The van der Waals surface area contributed by atoms with Gasteiger partial charge in [0.15, 0.2) is 0 Å². The Morgan fingerprint density at radius 2 is 2.00 bits per heavy atom. The molecule has 1 aromatic carbocycles. The van der Waals surface area contributed by atoms with Crippen molar-refractivity contribution in [1.82, 2.24) is 5.32 Å². The van der Waals surface area contributed by atoms with E-state index in [1.807, 2.05) is 0 Å². The van der Waals surface area contributed by atoms with E-state index in [2.05, 4.69) is 57.3 Å². The van der Waals surface area contributed by atoms with Crippen LogP contribution in [-0.2, 0) is 11.2 Å². The maximum atomic E-state index is 5.08.